The van der Waals surface area contributed by atoms with Crippen LogP contribution in [0.15, 0.2) is 10.7 Å². The predicted molar refractivity (Wildman–Crippen MR) is 58.6 cm³/mol. The van der Waals surface area contributed by atoms with E-state index in [9.17, 15) is 9.90 Å². The van der Waals surface area contributed by atoms with Gasteiger partial charge in [0.1, 0.15) is 0 Å². The summed E-state index contributed by atoms with van der Waals surface area (Å²) in [6.45, 7) is 2.99. The fourth-order valence-corrected chi connectivity index (χ4v) is 1.76. The summed E-state index contributed by atoms with van der Waals surface area (Å²) in [5.41, 5.74) is -0.191. The molecule has 2 heterocycles. The van der Waals surface area contributed by atoms with Crippen LogP contribution in [0.2, 0.25) is 0 Å². The van der Waals surface area contributed by atoms with Crippen molar-refractivity contribution in [3.8, 4) is 0 Å². The van der Waals surface area contributed by atoms with Gasteiger partial charge in [-0.1, -0.05) is 5.16 Å². The Labute approximate surface area is 98.9 Å². The maximum absolute atomic E-state index is 11.7. The fraction of sp³-hybridized carbons (Fsp3) is 0.636. The minimum atomic E-state index is -0.873. The fourth-order valence-electron chi connectivity index (χ4n) is 1.76. The Morgan fingerprint density at radius 2 is 2.29 bits per heavy atom. The second-order valence-electron chi connectivity index (χ2n) is 4.36. The zero-order valence-corrected chi connectivity index (χ0v) is 9.73. The number of aromatic nitrogens is 1. The lowest BCUT2D eigenvalue weighted by Crippen LogP contribution is -2.46. The average Bonchev–Trinajstić information content (AvgIpc) is 2.74. The molecule has 94 valence electrons. The Balaban J connectivity index is 1.90. The highest BCUT2D eigenvalue weighted by Gasteiger charge is 2.30. The molecular formula is C11H16N2O4. The number of nitrogens with one attached hydrogen (secondary N) is 1. The van der Waals surface area contributed by atoms with E-state index in [-0.39, 0.29) is 18.2 Å². The number of carbonyl (C=O) groups is 1. The molecule has 0 aromatic carbocycles. The van der Waals surface area contributed by atoms with Crippen LogP contribution in [-0.4, -0.2) is 41.5 Å². The van der Waals surface area contributed by atoms with Gasteiger partial charge in [0, 0.05) is 38.2 Å². The summed E-state index contributed by atoms with van der Waals surface area (Å²) >= 11 is 0. The molecule has 0 aliphatic carbocycles. The summed E-state index contributed by atoms with van der Waals surface area (Å²) in [5.74, 6) is -0.152. The summed E-state index contributed by atoms with van der Waals surface area (Å²) in [5, 5.41) is 16.3. The average molecular weight is 240 g/mol. The standard InChI is InChI=1S/C11H16N2O4/c1-8-6-13-17-9(8)10(14)12-7-11(15)2-4-16-5-3-11/h6,15H,2-5,7H2,1H3,(H,12,14). The first-order chi connectivity index (χ1) is 8.11. The minimum absolute atomic E-state index is 0.195. The van der Waals surface area contributed by atoms with Gasteiger partial charge in [0.15, 0.2) is 0 Å². The number of aryl methyl sites for hydroxylation is 1. The van der Waals surface area contributed by atoms with Crippen LogP contribution in [0.5, 0.6) is 0 Å². The summed E-state index contributed by atoms with van der Waals surface area (Å²) in [7, 11) is 0. The Bertz CT molecular complexity index is 396. The van der Waals surface area contributed by atoms with Crippen molar-refractivity contribution in [3.05, 3.63) is 17.5 Å². The molecule has 1 aromatic heterocycles. The van der Waals surface area contributed by atoms with Crippen molar-refractivity contribution in [2.45, 2.75) is 25.4 Å². The van der Waals surface area contributed by atoms with Gasteiger partial charge in [0.05, 0.1) is 11.8 Å². The molecule has 6 heteroatoms. The molecule has 0 unspecified atom stereocenters. The van der Waals surface area contributed by atoms with Crippen LogP contribution in [0.4, 0.5) is 0 Å². The van der Waals surface area contributed by atoms with Crippen molar-refractivity contribution >= 4 is 5.91 Å². The summed E-state index contributed by atoms with van der Waals surface area (Å²) in [4.78, 5) is 11.7. The van der Waals surface area contributed by atoms with Gasteiger partial charge in [-0.05, 0) is 6.92 Å². The van der Waals surface area contributed by atoms with Crippen LogP contribution in [0.1, 0.15) is 29.0 Å². The van der Waals surface area contributed by atoms with E-state index in [1.165, 1.54) is 6.20 Å². The summed E-state index contributed by atoms with van der Waals surface area (Å²) in [6, 6.07) is 0. The molecule has 1 aliphatic heterocycles. The van der Waals surface area contributed by atoms with Gasteiger partial charge in [0.2, 0.25) is 5.76 Å². The summed E-state index contributed by atoms with van der Waals surface area (Å²) in [6.07, 6.45) is 2.55. The highest BCUT2D eigenvalue weighted by Crippen LogP contribution is 2.19. The third-order valence-corrected chi connectivity index (χ3v) is 2.96. The van der Waals surface area contributed by atoms with Gasteiger partial charge < -0.3 is 19.7 Å². The van der Waals surface area contributed by atoms with Gasteiger partial charge in [-0.3, -0.25) is 4.79 Å². The van der Waals surface area contributed by atoms with Crippen molar-refractivity contribution in [2.24, 2.45) is 0 Å². The molecule has 0 spiro atoms. The number of carbonyl (C=O) groups excluding carboxylic acids is 1. The highest BCUT2D eigenvalue weighted by atomic mass is 16.5. The maximum atomic E-state index is 11.7. The number of aliphatic hydroxyl groups is 1. The largest absolute Gasteiger partial charge is 0.388 e. The van der Waals surface area contributed by atoms with Crippen LogP contribution in [0.3, 0.4) is 0 Å². The van der Waals surface area contributed by atoms with Gasteiger partial charge in [0.25, 0.3) is 5.91 Å². The Morgan fingerprint density at radius 1 is 1.59 bits per heavy atom. The molecule has 1 saturated heterocycles. The van der Waals surface area contributed by atoms with Gasteiger partial charge in [-0.2, -0.15) is 0 Å². The van der Waals surface area contributed by atoms with E-state index < -0.39 is 5.60 Å². The first-order valence-electron chi connectivity index (χ1n) is 5.60. The smallest absolute Gasteiger partial charge is 0.290 e. The first kappa shape index (κ1) is 12.1. The molecule has 1 aromatic rings. The molecule has 0 saturated carbocycles. The number of amides is 1. The molecule has 6 nitrogen and oxygen atoms in total. The SMILES string of the molecule is Cc1cnoc1C(=O)NCC1(O)CCOCC1. The van der Waals surface area contributed by atoms with E-state index in [0.717, 1.165) is 0 Å². The highest BCUT2D eigenvalue weighted by molar-refractivity contribution is 5.92. The van der Waals surface area contributed by atoms with Gasteiger partial charge >= 0.3 is 0 Å². The number of ether oxygens (including phenoxy) is 1. The van der Waals surface area contributed by atoms with E-state index in [1.54, 1.807) is 6.92 Å². The van der Waals surface area contributed by atoms with Crippen molar-refractivity contribution in [1.29, 1.82) is 0 Å². The molecule has 0 atom stereocenters. The lowest BCUT2D eigenvalue weighted by molar-refractivity contribution is -0.0606. The number of hydrogen-bond acceptors (Lipinski definition) is 5. The third kappa shape index (κ3) is 2.83. The monoisotopic (exact) mass is 240 g/mol. The maximum Gasteiger partial charge on any atom is 0.290 e. The molecule has 0 bridgehead atoms. The van der Waals surface area contributed by atoms with Crippen LogP contribution in [0.25, 0.3) is 0 Å². The molecule has 2 N–H and O–H groups in total. The predicted octanol–water partition coefficient (Wildman–Crippen LogP) is 0.254. The molecular weight excluding hydrogens is 224 g/mol. The van der Waals surface area contributed by atoms with E-state index in [1.807, 2.05) is 0 Å². The topological polar surface area (TPSA) is 84.6 Å². The minimum Gasteiger partial charge on any atom is -0.388 e. The van der Waals surface area contributed by atoms with Gasteiger partial charge in [-0.25, -0.2) is 0 Å². The second kappa shape index (κ2) is 4.85. The molecule has 1 amide bonds. The summed E-state index contributed by atoms with van der Waals surface area (Å²) < 4.78 is 9.99. The molecule has 17 heavy (non-hydrogen) atoms. The Kier molecular flexibility index (Phi) is 3.44. The van der Waals surface area contributed by atoms with E-state index in [4.69, 9.17) is 9.26 Å². The number of hydrogen-bond donors (Lipinski definition) is 2. The normalized spacial score (nSPS) is 18.9. The zero-order valence-electron chi connectivity index (χ0n) is 9.73. The van der Waals surface area contributed by atoms with Crippen LogP contribution in [-0.2, 0) is 4.74 Å². The molecule has 2 rings (SSSR count). The Hall–Kier alpha value is -1.40. The van der Waals surface area contributed by atoms with E-state index in [2.05, 4.69) is 10.5 Å². The van der Waals surface area contributed by atoms with Crippen LogP contribution in [0, 0.1) is 6.92 Å². The van der Waals surface area contributed by atoms with Crippen LogP contribution >= 0.6 is 0 Å². The van der Waals surface area contributed by atoms with E-state index >= 15 is 0 Å². The van der Waals surface area contributed by atoms with Crippen molar-refractivity contribution in [3.63, 3.8) is 0 Å². The number of nitrogens with zero attached hydrogens (tertiary/aromatic N) is 1. The van der Waals surface area contributed by atoms with Crippen molar-refractivity contribution in [1.82, 2.24) is 10.5 Å². The zero-order chi connectivity index (χ0) is 12.3. The second-order valence-corrected chi connectivity index (χ2v) is 4.36. The Morgan fingerprint density at radius 3 is 2.88 bits per heavy atom. The quantitative estimate of drug-likeness (QED) is 0.791. The van der Waals surface area contributed by atoms with Crippen molar-refractivity contribution in [2.75, 3.05) is 19.8 Å². The number of rotatable bonds is 3. The van der Waals surface area contributed by atoms with Gasteiger partial charge in [-0.15, -0.1) is 0 Å². The first-order valence-corrected chi connectivity index (χ1v) is 5.60. The van der Waals surface area contributed by atoms with Crippen LogP contribution < -0.4 is 5.32 Å². The molecule has 1 aliphatic rings. The third-order valence-electron chi connectivity index (χ3n) is 2.96. The molecule has 0 radical (unpaired) electrons. The lowest BCUT2D eigenvalue weighted by Gasteiger charge is -2.31. The van der Waals surface area contributed by atoms with Crippen molar-refractivity contribution < 1.29 is 19.2 Å². The van der Waals surface area contributed by atoms with E-state index in [0.29, 0.717) is 31.6 Å². The molecule has 1 fully saturated rings. The lowest BCUT2D eigenvalue weighted by atomic mass is 9.94.